The molecule has 0 amide bonds. The average Bonchev–Trinajstić information content (AvgIpc) is 3.03. The zero-order chi connectivity index (χ0) is 13.1. The minimum atomic E-state index is 0.266. The molecule has 0 N–H and O–H groups in total. The van der Waals surface area contributed by atoms with Gasteiger partial charge >= 0.3 is 0 Å². The Morgan fingerprint density at radius 2 is 1.65 bits per heavy atom. The van der Waals surface area contributed by atoms with Crippen LogP contribution >= 0.6 is 0 Å². The summed E-state index contributed by atoms with van der Waals surface area (Å²) in [6.45, 7) is 1.02. The molecule has 20 heavy (non-hydrogen) atoms. The first-order valence-corrected chi connectivity index (χ1v) is 7.51. The maximum Gasteiger partial charge on any atom is 0.110 e. The predicted molar refractivity (Wildman–Crippen MR) is 77.1 cm³/mol. The van der Waals surface area contributed by atoms with Crippen molar-refractivity contribution >= 4 is 0 Å². The van der Waals surface area contributed by atoms with Crippen LogP contribution in [0.4, 0.5) is 0 Å². The van der Waals surface area contributed by atoms with Gasteiger partial charge in [0.15, 0.2) is 0 Å². The molecule has 2 nitrogen and oxygen atoms in total. The van der Waals surface area contributed by atoms with Crippen LogP contribution in [-0.4, -0.2) is 11.6 Å². The zero-order valence-corrected chi connectivity index (χ0v) is 11.3. The van der Waals surface area contributed by atoms with Gasteiger partial charge in [-0.25, -0.2) is 0 Å². The van der Waals surface area contributed by atoms with Gasteiger partial charge in [0.2, 0.25) is 0 Å². The standard InChI is InChI=1S/C18H17NO/c1-3-7-14-12(5-1)9-10-19-17(14)16-11-13-6-2-4-8-15(13)18(16)20-19/h1-8,16-18H,9-11H2. The van der Waals surface area contributed by atoms with Gasteiger partial charge in [0.25, 0.3) is 0 Å². The second-order valence-corrected chi connectivity index (χ2v) is 6.13. The van der Waals surface area contributed by atoms with E-state index in [1.807, 2.05) is 0 Å². The fraction of sp³-hybridized carbons (Fsp3) is 0.333. The molecule has 2 heterocycles. The van der Waals surface area contributed by atoms with E-state index in [4.69, 9.17) is 4.84 Å². The Morgan fingerprint density at radius 3 is 2.55 bits per heavy atom. The Balaban J connectivity index is 1.62. The van der Waals surface area contributed by atoms with Crippen molar-refractivity contribution in [2.75, 3.05) is 6.54 Å². The highest BCUT2D eigenvalue weighted by Gasteiger charge is 2.50. The highest BCUT2D eigenvalue weighted by atomic mass is 16.7. The van der Waals surface area contributed by atoms with E-state index in [1.54, 1.807) is 0 Å². The SMILES string of the molecule is c1ccc2c(c1)CC1C2ON2CCc3ccccc3C12. The first-order valence-electron chi connectivity index (χ1n) is 7.51. The van der Waals surface area contributed by atoms with E-state index in [0.29, 0.717) is 12.0 Å². The van der Waals surface area contributed by atoms with Crippen LogP contribution in [-0.2, 0) is 17.7 Å². The van der Waals surface area contributed by atoms with E-state index >= 15 is 0 Å². The molecule has 2 aliphatic heterocycles. The lowest BCUT2D eigenvalue weighted by Crippen LogP contribution is -2.32. The lowest BCUT2D eigenvalue weighted by molar-refractivity contribution is -0.167. The lowest BCUT2D eigenvalue weighted by atomic mass is 9.84. The molecule has 1 aliphatic carbocycles. The number of rotatable bonds is 0. The van der Waals surface area contributed by atoms with Gasteiger partial charge in [0.1, 0.15) is 6.10 Å². The van der Waals surface area contributed by atoms with Crippen molar-refractivity contribution in [3.63, 3.8) is 0 Å². The summed E-state index contributed by atoms with van der Waals surface area (Å²) in [6.07, 6.45) is 2.52. The lowest BCUT2D eigenvalue weighted by Gasteiger charge is -2.32. The number of benzene rings is 2. The summed E-state index contributed by atoms with van der Waals surface area (Å²) in [5, 5.41) is 2.24. The van der Waals surface area contributed by atoms with Crippen molar-refractivity contribution < 1.29 is 4.84 Å². The van der Waals surface area contributed by atoms with Crippen LogP contribution in [0, 0.1) is 5.92 Å². The number of hydrogen-bond acceptors (Lipinski definition) is 2. The van der Waals surface area contributed by atoms with Gasteiger partial charge in [-0.2, -0.15) is 5.06 Å². The van der Waals surface area contributed by atoms with Crippen LogP contribution < -0.4 is 0 Å². The van der Waals surface area contributed by atoms with Crippen molar-refractivity contribution in [1.29, 1.82) is 0 Å². The quantitative estimate of drug-likeness (QED) is 0.722. The summed E-state index contributed by atoms with van der Waals surface area (Å²) in [6, 6.07) is 18.1. The van der Waals surface area contributed by atoms with E-state index in [2.05, 4.69) is 53.6 Å². The molecule has 0 bridgehead atoms. The number of hydrogen-bond donors (Lipinski definition) is 0. The molecule has 100 valence electrons. The Morgan fingerprint density at radius 1 is 0.900 bits per heavy atom. The summed E-state index contributed by atoms with van der Waals surface area (Å²) in [5.41, 5.74) is 5.88. The third-order valence-corrected chi connectivity index (χ3v) is 5.15. The minimum absolute atomic E-state index is 0.266. The second-order valence-electron chi connectivity index (χ2n) is 6.13. The second kappa shape index (κ2) is 3.94. The Bertz CT molecular complexity index is 681. The predicted octanol–water partition coefficient (Wildman–Crippen LogP) is 3.44. The molecule has 5 rings (SSSR count). The molecule has 3 aliphatic rings. The minimum Gasteiger partial charge on any atom is -0.290 e. The number of hydroxylamine groups is 2. The summed E-state index contributed by atoms with van der Waals surface area (Å²) < 4.78 is 0. The van der Waals surface area contributed by atoms with Crippen molar-refractivity contribution in [2.24, 2.45) is 5.92 Å². The highest BCUT2D eigenvalue weighted by molar-refractivity contribution is 5.40. The molecular weight excluding hydrogens is 246 g/mol. The van der Waals surface area contributed by atoms with Crippen LogP contribution in [0.3, 0.4) is 0 Å². The molecule has 2 aromatic rings. The van der Waals surface area contributed by atoms with Crippen molar-refractivity contribution in [2.45, 2.75) is 25.0 Å². The summed E-state index contributed by atoms with van der Waals surface area (Å²) in [7, 11) is 0. The van der Waals surface area contributed by atoms with Gasteiger partial charge in [0.05, 0.1) is 6.04 Å². The van der Waals surface area contributed by atoms with E-state index < -0.39 is 0 Å². The maximum atomic E-state index is 6.31. The third kappa shape index (κ3) is 1.36. The molecule has 3 unspecified atom stereocenters. The molecule has 2 aromatic carbocycles. The maximum absolute atomic E-state index is 6.31. The Hall–Kier alpha value is -1.64. The summed E-state index contributed by atoms with van der Waals surface area (Å²) in [4.78, 5) is 6.31. The monoisotopic (exact) mass is 263 g/mol. The molecule has 0 aromatic heterocycles. The average molecular weight is 263 g/mol. The van der Waals surface area contributed by atoms with Gasteiger partial charge < -0.3 is 0 Å². The zero-order valence-electron chi connectivity index (χ0n) is 11.3. The van der Waals surface area contributed by atoms with Crippen LogP contribution in [0.2, 0.25) is 0 Å². The first kappa shape index (κ1) is 11.1. The van der Waals surface area contributed by atoms with Crippen molar-refractivity contribution in [3.05, 3.63) is 70.8 Å². The van der Waals surface area contributed by atoms with Crippen LogP contribution in [0.5, 0.6) is 0 Å². The molecule has 0 radical (unpaired) electrons. The topological polar surface area (TPSA) is 12.5 Å². The number of fused-ring (bicyclic) bond motifs is 7. The van der Waals surface area contributed by atoms with Gasteiger partial charge in [-0.1, -0.05) is 48.5 Å². The Labute approximate surface area is 118 Å². The van der Waals surface area contributed by atoms with Crippen LogP contribution in [0.1, 0.15) is 34.4 Å². The smallest absolute Gasteiger partial charge is 0.110 e. The van der Waals surface area contributed by atoms with Gasteiger partial charge in [-0.05, 0) is 35.1 Å². The van der Waals surface area contributed by atoms with E-state index in [0.717, 1.165) is 19.4 Å². The normalized spacial score (nSPS) is 30.5. The summed E-state index contributed by atoms with van der Waals surface area (Å²) >= 11 is 0. The van der Waals surface area contributed by atoms with Crippen molar-refractivity contribution in [3.8, 4) is 0 Å². The molecular formula is C18H17NO. The molecule has 0 spiro atoms. The van der Waals surface area contributed by atoms with Crippen LogP contribution in [0.15, 0.2) is 48.5 Å². The van der Waals surface area contributed by atoms with E-state index in [1.165, 1.54) is 22.3 Å². The largest absolute Gasteiger partial charge is 0.290 e. The van der Waals surface area contributed by atoms with Crippen LogP contribution in [0.25, 0.3) is 0 Å². The van der Waals surface area contributed by atoms with E-state index in [-0.39, 0.29) is 6.10 Å². The van der Waals surface area contributed by atoms with Gasteiger partial charge in [-0.3, -0.25) is 4.84 Å². The third-order valence-electron chi connectivity index (χ3n) is 5.15. The van der Waals surface area contributed by atoms with E-state index in [9.17, 15) is 0 Å². The Kier molecular flexibility index (Phi) is 2.18. The molecule has 1 saturated heterocycles. The van der Waals surface area contributed by atoms with Gasteiger partial charge in [0, 0.05) is 12.5 Å². The molecule has 3 atom stereocenters. The van der Waals surface area contributed by atoms with Gasteiger partial charge in [-0.15, -0.1) is 0 Å². The van der Waals surface area contributed by atoms with Crippen molar-refractivity contribution in [1.82, 2.24) is 5.06 Å². The molecule has 2 heteroatoms. The molecule has 0 saturated carbocycles. The number of nitrogens with zero attached hydrogens (tertiary/aromatic N) is 1. The first-order chi connectivity index (χ1) is 9.92. The highest BCUT2D eigenvalue weighted by Crippen LogP contribution is 2.54. The molecule has 1 fully saturated rings. The fourth-order valence-corrected chi connectivity index (χ4v) is 4.29. The summed E-state index contributed by atoms with van der Waals surface area (Å²) in [5.74, 6) is 0.578. The fourth-order valence-electron chi connectivity index (χ4n) is 4.29.